The van der Waals surface area contributed by atoms with Gasteiger partial charge in [0.1, 0.15) is 6.07 Å². The Hall–Kier alpha value is -7.66. The van der Waals surface area contributed by atoms with Crippen molar-refractivity contribution in [1.82, 2.24) is 9.13 Å². The van der Waals surface area contributed by atoms with Crippen LogP contribution in [0.4, 0.5) is 0 Å². The van der Waals surface area contributed by atoms with E-state index in [1.165, 1.54) is 21.9 Å². The highest BCUT2D eigenvalue weighted by Crippen LogP contribution is 2.43. The average molecular weight is 687 g/mol. The molecular weight excluding hydrogens is 657 g/mol. The zero-order valence-corrected chi connectivity index (χ0v) is 29.1. The highest BCUT2D eigenvalue weighted by Gasteiger charge is 2.21. The summed E-state index contributed by atoms with van der Waals surface area (Å²) in [5.41, 5.74) is 13.8. The lowest BCUT2D eigenvalue weighted by Crippen LogP contribution is -1.98. The molecule has 4 heteroatoms. The summed E-state index contributed by atoms with van der Waals surface area (Å²) in [6.07, 6.45) is 0. The summed E-state index contributed by atoms with van der Waals surface area (Å²) in [6.45, 7) is 0. The fourth-order valence-electron chi connectivity index (χ4n) is 8.12. The molecule has 10 rings (SSSR count). The summed E-state index contributed by atoms with van der Waals surface area (Å²) in [6, 6.07) is 68.0. The Morgan fingerprint density at radius 2 is 1.00 bits per heavy atom. The third-order valence-electron chi connectivity index (χ3n) is 10.6. The van der Waals surface area contributed by atoms with Crippen LogP contribution in [0, 0.1) is 22.7 Å². The van der Waals surface area contributed by atoms with Gasteiger partial charge in [0, 0.05) is 27.2 Å². The fourth-order valence-corrected chi connectivity index (χ4v) is 8.12. The minimum Gasteiger partial charge on any atom is -0.309 e. The molecule has 0 aliphatic carbocycles. The Labute approximate surface area is 312 Å². The first-order valence-corrected chi connectivity index (χ1v) is 18.0. The van der Waals surface area contributed by atoms with Gasteiger partial charge in [0.15, 0.2) is 0 Å². The topological polar surface area (TPSA) is 57.4 Å². The van der Waals surface area contributed by atoms with Crippen molar-refractivity contribution in [3.8, 4) is 56.9 Å². The van der Waals surface area contributed by atoms with Crippen molar-refractivity contribution in [2.75, 3.05) is 0 Å². The van der Waals surface area contributed by atoms with E-state index in [0.717, 1.165) is 60.8 Å². The molecule has 2 aromatic heterocycles. The second-order valence-corrected chi connectivity index (χ2v) is 13.6. The molecule has 0 spiro atoms. The largest absolute Gasteiger partial charge is 0.309 e. The highest BCUT2D eigenvalue weighted by molar-refractivity contribution is 6.18. The van der Waals surface area contributed by atoms with E-state index in [-0.39, 0.29) is 0 Å². The summed E-state index contributed by atoms with van der Waals surface area (Å²) >= 11 is 0. The van der Waals surface area contributed by atoms with Crippen LogP contribution in [0.25, 0.3) is 88.4 Å². The quantitative estimate of drug-likeness (QED) is 0.181. The van der Waals surface area contributed by atoms with Crippen molar-refractivity contribution in [1.29, 1.82) is 10.5 Å². The first-order valence-electron chi connectivity index (χ1n) is 18.0. The molecule has 250 valence electrons. The summed E-state index contributed by atoms with van der Waals surface area (Å²) in [7, 11) is 0. The molecule has 0 saturated carbocycles. The van der Waals surface area contributed by atoms with Crippen molar-refractivity contribution >= 4 is 43.6 Å². The number of aromatic nitrogens is 2. The third kappa shape index (κ3) is 4.90. The minimum absolute atomic E-state index is 0.505. The van der Waals surface area contributed by atoms with Gasteiger partial charge < -0.3 is 9.13 Å². The van der Waals surface area contributed by atoms with Crippen LogP contribution < -0.4 is 0 Å². The number of rotatable bonds is 5. The molecule has 0 atom stereocenters. The van der Waals surface area contributed by atoms with E-state index >= 15 is 0 Å². The number of hydrogen-bond donors (Lipinski definition) is 0. The van der Waals surface area contributed by atoms with Crippen LogP contribution in [0.5, 0.6) is 0 Å². The normalized spacial score (nSPS) is 11.3. The molecule has 10 aromatic rings. The smallest absolute Gasteiger partial charge is 0.101 e. The summed E-state index contributed by atoms with van der Waals surface area (Å²) in [5.74, 6) is 0. The van der Waals surface area contributed by atoms with Gasteiger partial charge in [-0.05, 0) is 100 Å². The zero-order valence-electron chi connectivity index (χ0n) is 29.1. The molecule has 0 radical (unpaired) electrons. The monoisotopic (exact) mass is 686 g/mol. The molecule has 8 aromatic carbocycles. The molecule has 0 aliphatic rings. The molecule has 0 amide bonds. The minimum atomic E-state index is 0.505. The molecule has 0 saturated heterocycles. The summed E-state index contributed by atoms with van der Waals surface area (Å²) in [4.78, 5) is 0. The summed E-state index contributed by atoms with van der Waals surface area (Å²) < 4.78 is 4.51. The number of hydrogen-bond acceptors (Lipinski definition) is 2. The van der Waals surface area contributed by atoms with Gasteiger partial charge >= 0.3 is 0 Å². The van der Waals surface area contributed by atoms with Crippen molar-refractivity contribution < 1.29 is 0 Å². The second kappa shape index (κ2) is 12.5. The molecular formula is C50H30N4. The first kappa shape index (κ1) is 31.1. The number of benzene rings is 8. The molecule has 0 aliphatic heterocycles. The predicted octanol–water partition coefficient (Wildman–Crippen LogP) is 12.6. The molecule has 4 nitrogen and oxygen atoms in total. The van der Waals surface area contributed by atoms with Crippen LogP contribution in [0.2, 0.25) is 0 Å². The van der Waals surface area contributed by atoms with Crippen LogP contribution in [0.15, 0.2) is 182 Å². The number of nitrogens with zero attached hydrogens (tertiary/aromatic N) is 4. The highest BCUT2D eigenvalue weighted by atomic mass is 15.0. The van der Waals surface area contributed by atoms with Crippen molar-refractivity contribution in [3.63, 3.8) is 0 Å². The van der Waals surface area contributed by atoms with Gasteiger partial charge in [0.25, 0.3) is 0 Å². The van der Waals surface area contributed by atoms with E-state index in [1.807, 2.05) is 12.1 Å². The number of nitriles is 2. The van der Waals surface area contributed by atoms with Gasteiger partial charge in [0.2, 0.25) is 0 Å². The predicted molar refractivity (Wildman–Crippen MR) is 221 cm³/mol. The van der Waals surface area contributed by atoms with E-state index in [9.17, 15) is 10.5 Å². The third-order valence-corrected chi connectivity index (χ3v) is 10.6. The fraction of sp³-hybridized carbons (Fsp3) is 0. The Balaban J connectivity index is 1.28. The van der Waals surface area contributed by atoms with Gasteiger partial charge in [0.05, 0.1) is 45.0 Å². The first-order chi connectivity index (χ1) is 26.7. The van der Waals surface area contributed by atoms with Gasteiger partial charge in [-0.25, -0.2) is 0 Å². The summed E-state index contributed by atoms with van der Waals surface area (Å²) in [5, 5.41) is 24.7. The lowest BCUT2D eigenvalue weighted by Gasteiger charge is -2.11. The van der Waals surface area contributed by atoms with E-state index < -0.39 is 0 Å². The van der Waals surface area contributed by atoms with Crippen LogP contribution in [-0.2, 0) is 0 Å². The van der Waals surface area contributed by atoms with E-state index in [4.69, 9.17) is 0 Å². The Bertz CT molecular complexity index is 3160. The lowest BCUT2D eigenvalue weighted by atomic mass is 9.96. The number of fused-ring (bicyclic) bond motifs is 6. The standard InChI is InChI=1S/C50H30N4/c51-31-33-19-20-39(32-52)48(27-33)54-46-26-23-37(35-13-6-2-7-14-35)29-44(46)50-41(17-10-18-47(50)54)38-21-24-42-43-28-36(34-11-4-1-5-12-34)22-25-45(43)53(49(42)30-38)40-15-8-3-9-16-40/h1-30H. The van der Waals surface area contributed by atoms with E-state index in [1.54, 1.807) is 12.1 Å². The molecule has 0 bridgehead atoms. The molecule has 0 fully saturated rings. The zero-order chi connectivity index (χ0) is 36.2. The Morgan fingerprint density at radius 3 is 1.67 bits per heavy atom. The van der Waals surface area contributed by atoms with Crippen molar-refractivity contribution in [3.05, 3.63) is 193 Å². The number of para-hydroxylation sites is 1. The Morgan fingerprint density at radius 1 is 0.370 bits per heavy atom. The SMILES string of the molecule is N#Cc1ccc(C#N)c(-n2c3ccc(-c4ccccc4)cc3c3c(-c4ccc5c6cc(-c7ccccc7)ccc6n(-c6ccccc6)c5c4)cccc32)c1. The van der Waals surface area contributed by atoms with E-state index in [2.05, 4.69) is 179 Å². The molecule has 0 unspecified atom stereocenters. The van der Waals surface area contributed by atoms with Crippen LogP contribution in [0.1, 0.15) is 11.1 Å². The molecule has 0 N–H and O–H groups in total. The van der Waals surface area contributed by atoms with Gasteiger partial charge in [-0.15, -0.1) is 0 Å². The van der Waals surface area contributed by atoms with Crippen molar-refractivity contribution in [2.24, 2.45) is 0 Å². The average Bonchev–Trinajstić information content (AvgIpc) is 3.76. The maximum Gasteiger partial charge on any atom is 0.101 e. The lowest BCUT2D eigenvalue weighted by molar-refractivity contribution is 1.16. The molecule has 54 heavy (non-hydrogen) atoms. The van der Waals surface area contributed by atoms with Gasteiger partial charge in [-0.1, -0.05) is 115 Å². The second-order valence-electron chi connectivity index (χ2n) is 13.6. The van der Waals surface area contributed by atoms with Crippen molar-refractivity contribution in [2.45, 2.75) is 0 Å². The van der Waals surface area contributed by atoms with Crippen LogP contribution in [-0.4, -0.2) is 9.13 Å². The maximum absolute atomic E-state index is 10.3. The van der Waals surface area contributed by atoms with Crippen LogP contribution in [0.3, 0.4) is 0 Å². The molecule has 2 heterocycles. The Kier molecular flexibility index (Phi) is 7.22. The van der Waals surface area contributed by atoms with E-state index in [0.29, 0.717) is 16.8 Å². The maximum atomic E-state index is 10.3. The van der Waals surface area contributed by atoms with Crippen LogP contribution >= 0.6 is 0 Å². The van der Waals surface area contributed by atoms with Gasteiger partial charge in [-0.2, -0.15) is 10.5 Å². The van der Waals surface area contributed by atoms with Gasteiger partial charge in [-0.3, -0.25) is 0 Å².